The van der Waals surface area contributed by atoms with Gasteiger partial charge in [0, 0.05) is 27.9 Å². The molecule has 0 aliphatic carbocycles. The van der Waals surface area contributed by atoms with Gasteiger partial charge in [0.2, 0.25) is 0 Å². The van der Waals surface area contributed by atoms with E-state index in [4.69, 9.17) is 9.05 Å². The molecule has 4 rings (SSSR count). The van der Waals surface area contributed by atoms with Gasteiger partial charge in [0.1, 0.15) is 22.9 Å². The van der Waals surface area contributed by atoms with Gasteiger partial charge in [0.05, 0.1) is 19.4 Å². The standard InChI is InChI=1S/C23H24FN6O3PS3/c1-4-32-34(33-5-2)13-17-12-25-22(36-17)28-21(31)20-18(35-16-8-6-15(24)7-9-16)10-11-19(27-20)37-23-29-26-14-30(23)3/h6-12,14H,4-5,13H2,1-3H3,(H,25,28,31). The Morgan fingerprint density at radius 1 is 1.14 bits per heavy atom. The Hall–Kier alpha value is -2.41. The molecule has 0 bridgehead atoms. The van der Waals surface area contributed by atoms with E-state index in [0.29, 0.717) is 39.6 Å². The van der Waals surface area contributed by atoms with Crippen molar-refractivity contribution in [2.75, 3.05) is 18.5 Å². The van der Waals surface area contributed by atoms with E-state index in [1.165, 1.54) is 47.0 Å². The highest BCUT2D eigenvalue weighted by Gasteiger charge is 2.20. The molecule has 0 unspecified atom stereocenters. The molecule has 9 nitrogen and oxygen atoms in total. The number of benzene rings is 1. The van der Waals surface area contributed by atoms with Crippen molar-refractivity contribution in [2.45, 2.75) is 40.0 Å². The molecule has 194 valence electrons. The summed E-state index contributed by atoms with van der Waals surface area (Å²) in [4.78, 5) is 24.7. The van der Waals surface area contributed by atoms with Gasteiger partial charge in [-0.05, 0) is 62.0 Å². The van der Waals surface area contributed by atoms with E-state index < -0.39 is 14.3 Å². The number of aryl methyl sites for hydroxylation is 1. The molecule has 0 fully saturated rings. The lowest BCUT2D eigenvalue weighted by molar-refractivity contribution is 0.101. The van der Waals surface area contributed by atoms with Gasteiger partial charge in [-0.15, -0.1) is 21.5 Å². The second-order valence-corrected chi connectivity index (χ2v) is 12.0. The van der Waals surface area contributed by atoms with Crippen LogP contribution < -0.4 is 5.32 Å². The largest absolute Gasteiger partial charge is 0.334 e. The summed E-state index contributed by atoms with van der Waals surface area (Å²) in [6.07, 6.45) is 3.91. The molecule has 0 radical (unpaired) electrons. The van der Waals surface area contributed by atoms with Crippen molar-refractivity contribution >= 4 is 54.3 Å². The maximum Gasteiger partial charge on any atom is 0.277 e. The molecule has 1 amide bonds. The Labute approximate surface area is 227 Å². The van der Waals surface area contributed by atoms with Crippen LogP contribution in [-0.4, -0.2) is 43.9 Å². The third-order valence-corrected chi connectivity index (χ3v) is 9.42. The Morgan fingerprint density at radius 2 is 1.89 bits per heavy atom. The molecule has 0 atom stereocenters. The summed E-state index contributed by atoms with van der Waals surface area (Å²) in [5, 5.41) is 12.5. The molecule has 0 spiro atoms. The number of thiazole rings is 1. The maximum absolute atomic E-state index is 13.4. The quantitative estimate of drug-likeness (QED) is 0.196. The molecule has 0 aliphatic heterocycles. The molecule has 1 aromatic carbocycles. The molecule has 14 heteroatoms. The van der Waals surface area contributed by atoms with E-state index in [2.05, 4.69) is 25.5 Å². The summed E-state index contributed by atoms with van der Waals surface area (Å²) in [5.41, 5.74) is 0.226. The van der Waals surface area contributed by atoms with Crippen molar-refractivity contribution in [3.05, 3.63) is 65.3 Å². The first-order valence-corrected chi connectivity index (χ1v) is 15.0. The van der Waals surface area contributed by atoms with Crippen LogP contribution in [0.5, 0.6) is 0 Å². The number of rotatable bonds is 12. The van der Waals surface area contributed by atoms with Gasteiger partial charge in [-0.25, -0.2) is 14.4 Å². The number of amides is 1. The van der Waals surface area contributed by atoms with Crippen molar-refractivity contribution in [2.24, 2.45) is 7.05 Å². The minimum absolute atomic E-state index is 0.226. The van der Waals surface area contributed by atoms with Crippen LogP contribution in [0.2, 0.25) is 0 Å². The number of hydrogen-bond donors (Lipinski definition) is 1. The Kier molecular flexibility index (Phi) is 10.0. The molecular weight excluding hydrogens is 554 g/mol. The van der Waals surface area contributed by atoms with E-state index in [-0.39, 0.29) is 11.5 Å². The van der Waals surface area contributed by atoms with E-state index in [1.54, 1.807) is 29.2 Å². The van der Waals surface area contributed by atoms with Crippen LogP contribution in [0, 0.1) is 5.82 Å². The van der Waals surface area contributed by atoms with Crippen molar-refractivity contribution in [3.63, 3.8) is 0 Å². The van der Waals surface area contributed by atoms with Gasteiger partial charge in [0.25, 0.3) is 5.91 Å². The zero-order valence-electron chi connectivity index (χ0n) is 20.3. The van der Waals surface area contributed by atoms with Crippen LogP contribution in [0.3, 0.4) is 0 Å². The van der Waals surface area contributed by atoms with E-state index in [9.17, 15) is 9.18 Å². The fraction of sp³-hybridized carbons (Fsp3) is 0.261. The Bertz CT molecular complexity index is 1330. The zero-order valence-corrected chi connectivity index (χ0v) is 23.6. The molecule has 3 aromatic heterocycles. The highest BCUT2D eigenvalue weighted by molar-refractivity contribution is 7.99. The summed E-state index contributed by atoms with van der Waals surface area (Å²) < 4.78 is 26.5. The van der Waals surface area contributed by atoms with Gasteiger partial charge >= 0.3 is 0 Å². The first kappa shape index (κ1) is 27.6. The number of nitrogens with zero attached hydrogens (tertiary/aromatic N) is 5. The maximum atomic E-state index is 13.4. The topological polar surface area (TPSA) is 104 Å². The average molecular weight is 579 g/mol. The van der Waals surface area contributed by atoms with Gasteiger partial charge < -0.3 is 13.6 Å². The van der Waals surface area contributed by atoms with Gasteiger partial charge in [0.15, 0.2) is 18.7 Å². The first-order chi connectivity index (χ1) is 17.9. The van der Waals surface area contributed by atoms with Crippen LogP contribution in [0.25, 0.3) is 0 Å². The minimum Gasteiger partial charge on any atom is -0.334 e. The van der Waals surface area contributed by atoms with Crippen LogP contribution in [0.4, 0.5) is 9.52 Å². The zero-order chi connectivity index (χ0) is 26.2. The number of anilines is 1. The van der Waals surface area contributed by atoms with Gasteiger partial charge in [-0.1, -0.05) is 11.8 Å². The van der Waals surface area contributed by atoms with Crippen LogP contribution >= 0.6 is 43.2 Å². The number of aromatic nitrogens is 5. The smallest absolute Gasteiger partial charge is 0.277 e. The van der Waals surface area contributed by atoms with Crippen molar-refractivity contribution in [1.29, 1.82) is 0 Å². The lowest BCUT2D eigenvalue weighted by Crippen LogP contribution is -2.15. The van der Waals surface area contributed by atoms with E-state index in [0.717, 1.165) is 9.77 Å². The Morgan fingerprint density at radius 3 is 2.57 bits per heavy atom. The summed E-state index contributed by atoms with van der Waals surface area (Å²) >= 11 is 3.99. The summed E-state index contributed by atoms with van der Waals surface area (Å²) in [6, 6.07) is 9.71. The molecule has 0 saturated carbocycles. The van der Waals surface area contributed by atoms with Crippen LogP contribution in [0.1, 0.15) is 29.2 Å². The number of halogens is 1. The van der Waals surface area contributed by atoms with E-state index in [1.807, 2.05) is 33.0 Å². The normalized spacial score (nSPS) is 11.3. The monoisotopic (exact) mass is 578 g/mol. The SMILES string of the molecule is CCOP(Cc1cnc(NC(=O)c2nc(Sc3nncn3C)ccc2Sc2ccc(F)cc2)s1)OCC. The number of pyridine rings is 1. The highest BCUT2D eigenvalue weighted by Crippen LogP contribution is 2.43. The molecule has 0 saturated heterocycles. The highest BCUT2D eigenvalue weighted by atomic mass is 32.2. The lowest BCUT2D eigenvalue weighted by atomic mass is 10.3. The predicted octanol–water partition coefficient (Wildman–Crippen LogP) is 6.25. The van der Waals surface area contributed by atoms with E-state index >= 15 is 0 Å². The number of carbonyl (C=O) groups is 1. The van der Waals surface area contributed by atoms with Crippen LogP contribution in [0.15, 0.2) is 68.9 Å². The second kappa shape index (κ2) is 13.4. The van der Waals surface area contributed by atoms with Crippen LogP contribution in [-0.2, 0) is 22.3 Å². The second-order valence-electron chi connectivity index (χ2n) is 7.29. The third kappa shape index (κ3) is 7.79. The van der Waals surface area contributed by atoms with Crippen molar-refractivity contribution in [1.82, 2.24) is 24.7 Å². The predicted molar refractivity (Wildman–Crippen MR) is 144 cm³/mol. The van der Waals surface area contributed by atoms with Crippen molar-refractivity contribution < 1.29 is 18.2 Å². The molecule has 0 aliphatic rings. The van der Waals surface area contributed by atoms with Gasteiger partial charge in [-0.3, -0.25) is 10.1 Å². The Balaban J connectivity index is 1.55. The summed E-state index contributed by atoms with van der Waals surface area (Å²) in [5.74, 6) is -0.726. The molecule has 1 N–H and O–H groups in total. The molecule has 3 heterocycles. The number of carbonyl (C=O) groups excluding carboxylic acids is 1. The fourth-order valence-electron chi connectivity index (χ4n) is 2.96. The molecular formula is C23H24FN6O3PS3. The summed E-state index contributed by atoms with van der Waals surface area (Å²) in [7, 11) is 0.779. The van der Waals surface area contributed by atoms with Gasteiger partial charge in [-0.2, -0.15) is 0 Å². The summed E-state index contributed by atoms with van der Waals surface area (Å²) in [6.45, 7) is 4.99. The number of hydrogen-bond acceptors (Lipinski definition) is 10. The average Bonchev–Trinajstić information content (AvgIpc) is 3.50. The molecule has 4 aromatic rings. The molecule has 37 heavy (non-hydrogen) atoms. The minimum atomic E-state index is -1.05. The first-order valence-electron chi connectivity index (χ1n) is 11.2. The number of nitrogens with one attached hydrogen (secondary N) is 1. The fourth-order valence-corrected chi connectivity index (χ4v) is 6.94. The van der Waals surface area contributed by atoms with Crippen molar-refractivity contribution in [3.8, 4) is 0 Å². The lowest BCUT2D eigenvalue weighted by Gasteiger charge is -2.14. The third-order valence-electron chi connectivity index (χ3n) is 4.56.